The summed E-state index contributed by atoms with van der Waals surface area (Å²) in [5.74, 6) is -0.240. The van der Waals surface area contributed by atoms with Crippen LogP contribution in [0.25, 0.3) is 0 Å². The van der Waals surface area contributed by atoms with Crippen LogP contribution in [0.1, 0.15) is 11.3 Å². The van der Waals surface area contributed by atoms with Gasteiger partial charge in [-0.15, -0.1) is 0 Å². The molecule has 3 aromatic rings. The number of nitriles is 1. The molecular formula is C24H17BrClN3O3S. The molecule has 2 heterocycles. The van der Waals surface area contributed by atoms with Crippen LogP contribution in [0.4, 0.5) is 5.69 Å². The number of carbonyl (C=O) groups is 2. The van der Waals surface area contributed by atoms with Crippen molar-refractivity contribution < 1.29 is 14.0 Å². The van der Waals surface area contributed by atoms with E-state index < -0.39 is 11.2 Å². The van der Waals surface area contributed by atoms with Gasteiger partial charge in [-0.25, -0.2) is 0 Å². The number of hydrogen-bond donors (Lipinski definition) is 1. The number of rotatable bonds is 6. The molecule has 0 bridgehead atoms. The largest absolute Gasteiger partial charge is 0.467 e. The second-order valence-corrected chi connectivity index (χ2v) is 9.62. The highest BCUT2D eigenvalue weighted by atomic mass is 79.9. The first-order chi connectivity index (χ1) is 16.0. The quantitative estimate of drug-likeness (QED) is 0.331. The van der Waals surface area contributed by atoms with E-state index in [4.69, 9.17) is 16.0 Å². The Kier molecular flexibility index (Phi) is 7.23. The third-order valence-electron chi connectivity index (χ3n) is 4.96. The van der Waals surface area contributed by atoms with Gasteiger partial charge in [-0.3, -0.25) is 14.5 Å². The molecule has 1 fully saturated rings. The number of nitrogens with zero attached hydrogens (tertiary/aromatic N) is 2. The molecule has 2 amide bonds. The van der Waals surface area contributed by atoms with Crippen LogP contribution < -0.4 is 10.2 Å². The normalized spacial score (nSPS) is 17.1. The zero-order chi connectivity index (χ0) is 23.4. The maximum Gasteiger partial charge on any atom is 0.265 e. The summed E-state index contributed by atoms with van der Waals surface area (Å²) in [6.45, 7) is 0.129. The molecule has 4 rings (SSSR count). The summed E-state index contributed by atoms with van der Waals surface area (Å²) in [5, 5.41) is 12.9. The second-order valence-electron chi connectivity index (χ2n) is 7.11. The average Bonchev–Trinajstić information content (AvgIpc) is 3.44. The lowest BCUT2D eigenvalue weighted by Crippen LogP contribution is -2.32. The van der Waals surface area contributed by atoms with Gasteiger partial charge >= 0.3 is 0 Å². The number of amides is 2. The fourth-order valence-electron chi connectivity index (χ4n) is 3.34. The lowest BCUT2D eigenvalue weighted by Gasteiger charge is -2.18. The van der Waals surface area contributed by atoms with Crippen LogP contribution in [-0.4, -0.2) is 17.1 Å². The first-order valence-corrected chi connectivity index (χ1v) is 12.0. The maximum atomic E-state index is 13.5. The fourth-order valence-corrected chi connectivity index (χ4v) is 5.12. The molecular weight excluding hydrogens is 526 g/mol. The summed E-state index contributed by atoms with van der Waals surface area (Å²) in [4.78, 5) is 27.8. The maximum absolute atomic E-state index is 13.5. The predicted octanol–water partition coefficient (Wildman–Crippen LogP) is 5.44. The minimum absolute atomic E-state index is 0.129. The summed E-state index contributed by atoms with van der Waals surface area (Å²) in [6.07, 6.45) is 1.87. The van der Waals surface area contributed by atoms with E-state index in [9.17, 15) is 14.9 Å². The number of benzene rings is 2. The van der Waals surface area contributed by atoms with Gasteiger partial charge in [0.1, 0.15) is 22.4 Å². The van der Waals surface area contributed by atoms with E-state index in [0.717, 1.165) is 10.0 Å². The fraction of sp³-hybridized carbons (Fsp3) is 0.125. The van der Waals surface area contributed by atoms with Crippen LogP contribution in [-0.2, 0) is 22.6 Å². The standard InChI is InChI=1S/C24H17BrClN3O3S/c25-16-7-9-17(10-8-16)29-23(31)21(12-15-4-1-2-6-20(15)26)33-24(29)19(13-27)22(30)28-14-18-5-3-11-32-18/h1-11,21H,12,14H2,(H,28,30)/b24-19-/t21-/m0/s1. The van der Waals surface area contributed by atoms with Crippen molar-refractivity contribution in [3.63, 3.8) is 0 Å². The topological polar surface area (TPSA) is 86.3 Å². The number of carbonyl (C=O) groups excluding carboxylic acids is 2. The molecule has 0 saturated carbocycles. The van der Waals surface area contributed by atoms with E-state index in [2.05, 4.69) is 21.2 Å². The number of anilines is 1. The number of hydrogen-bond acceptors (Lipinski definition) is 5. The van der Waals surface area contributed by atoms with Gasteiger partial charge in [0.05, 0.1) is 18.1 Å². The van der Waals surface area contributed by atoms with E-state index in [1.807, 2.05) is 24.3 Å². The SMILES string of the molecule is N#C/C(C(=O)NCc1ccco1)=C1/S[C@@H](Cc2ccccc2Cl)C(=O)N1c1ccc(Br)cc1. The summed E-state index contributed by atoms with van der Waals surface area (Å²) in [7, 11) is 0. The smallest absolute Gasteiger partial charge is 0.265 e. The highest BCUT2D eigenvalue weighted by molar-refractivity contribution is 9.10. The molecule has 166 valence electrons. The van der Waals surface area contributed by atoms with E-state index in [0.29, 0.717) is 27.9 Å². The van der Waals surface area contributed by atoms with Gasteiger partial charge in [0.2, 0.25) is 5.91 Å². The van der Waals surface area contributed by atoms with Crippen molar-refractivity contribution >= 4 is 56.8 Å². The monoisotopic (exact) mass is 541 g/mol. The minimum atomic E-state index is -0.579. The lowest BCUT2D eigenvalue weighted by atomic mass is 10.1. The first-order valence-electron chi connectivity index (χ1n) is 9.92. The summed E-state index contributed by atoms with van der Waals surface area (Å²) < 4.78 is 6.08. The van der Waals surface area contributed by atoms with Crippen molar-refractivity contribution in [2.24, 2.45) is 0 Å². The Hall–Kier alpha value is -2.99. The molecule has 1 atom stereocenters. The van der Waals surface area contributed by atoms with Crippen LogP contribution in [0, 0.1) is 11.3 Å². The Labute approximate surface area is 208 Å². The van der Waals surface area contributed by atoms with Gasteiger partial charge in [-0.2, -0.15) is 5.26 Å². The molecule has 9 heteroatoms. The highest BCUT2D eigenvalue weighted by Gasteiger charge is 2.41. The number of halogens is 2. The molecule has 1 aromatic heterocycles. The van der Waals surface area contributed by atoms with Gasteiger partial charge in [0.25, 0.3) is 5.91 Å². The van der Waals surface area contributed by atoms with Gasteiger partial charge < -0.3 is 9.73 Å². The van der Waals surface area contributed by atoms with Crippen molar-refractivity contribution in [2.75, 3.05) is 4.90 Å². The van der Waals surface area contributed by atoms with Crippen LogP contribution in [0.5, 0.6) is 0 Å². The Morgan fingerprint density at radius 2 is 1.94 bits per heavy atom. The summed E-state index contributed by atoms with van der Waals surface area (Å²) >= 11 is 10.9. The van der Waals surface area contributed by atoms with Crippen molar-refractivity contribution in [3.05, 3.63) is 98.3 Å². The Morgan fingerprint density at radius 1 is 1.18 bits per heavy atom. The highest BCUT2D eigenvalue weighted by Crippen LogP contribution is 2.42. The van der Waals surface area contributed by atoms with E-state index in [-0.39, 0.29) is 18.0 Å². The zero-order valence-electron chi connectivity index (χ0n) is 17.1. The van der Waals surface area contributed by atoms with Gasteiger partial charge in [0.15, 0.2) is 0 Å². The third kappa shape index (κ3) is 5.17. The molecule has 6 nitrogen and oxygen atoms in total. The molecule has 2 aromatic carbocycles. The molecule has 0 radical (unpaired) electrons. The Balaban J connectivity index is 1.69. The number of furan rings is 1. The molecule has 0 unspecified atom stereocenters. The van der Waals surface area contributed by atoms with Crippen molar-refractivity contribution in [2.45, 2.75) is 18.2 Å². The van der Waals surface area contributed by atoms with Gasteiger partial charge in [-0.1, -0.05) is 57.5 Å². The summed E-state index contributed by atoms with van der Waals surface area (Å²) in [5.41, 5.74) is 1.26. The molecule has 1 saturated heterocycles. The first kappa shape index (κ1) is 23.2. The molecule has 1 aliphatic heterocycles. The van der Waals surface area contributed by atoms with Crippen LogP contribution >= 0.6 is 39.3 Å². The van der Waals surface area contributed by atoms with Crippen molar-refractivity contribution in [1.82, 2.24) is 5.32 Å². The Morgan fingerprint density at radius 3 is 2.61 bits per heavy atom. The van der Waals surface area contributed by atoms with Crippen molar-refractivity contribution in [3.8, 4) is 6.07 Å². The van der Waals surface area contributed by atoms with E-state index in [1.54, 1.807) is 42.5 Å². The summed E-state index contributed by atoms with van der Waals surface area (Å²) in [6, 6.07) is 19.9. The molecule has 1 N–H and O–H groups in total. The van der Waals surface area contributed by atoms with Crippen LogP contribution in [0.15, 0.2) is 86.4 Å². The van der Waals surface area contributed by atoms with Crippen molar-refractivity contribution in [1.29, 1.82) is 5.26 Å². The zero-order valence-corrected chi connectivity index (χ0v) is 20.3. The molecule has 1 aliphatic rings. The minimum Gasteiger partial charge on any atom is -0.467 e. The van der Waals surface area contributed by atoms with Gasteiger partial charge in [-0.05, 0) is 54.4 Å². The number of nitrogens with one attached hydrogen (secondary N) is 1. The predicted molar refractivity (Wildman–Crippen MR) is 131 cm³/mol. The van der Waals surface area contributed by atoms with E-state index >= 15 is 0 Å². The number of thioether (sulfide) groups is 1. The van der Waals surface area contributed by atoms with Gasteiger partial charge in [0, 0.05) is 15.2 Å². The molecule has 0 aliphatic carbocycles. The Bertz CT molecular complexity index is 1250. The van der Waals surface area contributed by atoms with E-state index in [1.165, 1.54) is 22.9 Å². The third-order valence-corrected chi connectivity index (χ3v) is 7.12. The lowest BCUT2D eigenvalue weighted by molar-refractivity contribution is -0.117. The van der Waals surface area contributed by atoms with Crippen LogP contribution in [0.2, 0.25) is 5.02 Å². The second kappa shape index (κ2) is 10.3. The average molecular weight is 543 g/mol. The van der Waals surface area contributed by atoms with Crippen LogP contribution in [0.3, 0.4) is 0 Å². The molecule has 0 spiro atoms. The molecule has 33 heavy (non-hydrogen) atoms.